The van der Waals surface area contributed by atoms with Crippen LogP contribution in [0.2, 0.25) is 5.02 Å². The Morgan fingerprint density at radius 3 is 2.56 bits per heavy atom. The molecule has 1 aliphatic heterocycles. The van der Waals surface area contributed by atoms with Gasteiger partial charge in [-0.15, -0.1) is 0 Å². The number of amides is 1. The summed E-state index contributed by atoms with van der Waals surface area (Å²) in [7, 11) is 1.82. The van der Waals surface area contributed by atoms with E-state index in [1.807, 2.05) is 11.9 Å². The van der Waals surface area contributed by atoms with Crippen LogP contribution in [0.1, 0.15) is 10.5 Å². The molecule has 0 atom stereocenters. The van der Waals surface area contributed by atoms with Crippen LogP contribution in [0.25, 0.3) is 0 Å². The highest BCUT2D eigenvalue weighted by atomic mass is 35.5. The van der Waals surface area contributed by atoms with E-state index in [9.17, 15) is 4.79 Å². The molecule has 0 spiro atoms. The zero-order valence-electron chi connectivity index (χ0n) is 10.5. The Balaban J connectivity index is 1.97. The molecule has 0 bridgehead atoms. The molecule has 0 unspecified atom stereocenters. The molecule has 100 valence electrons. The Morgan fingerprint density at radius 1 is 1.39 bits per heavy atom. The first kappa shape index (κ1) is 13.4. The van der Waals surface area contributed by atoms with Crippen LogP contribution in [0.5, 0.6) is 0 Å². The van der Waals surface area contributed by atoms with E-state index in [0.717, 1.165) is 13.1 Å². The number of rotatable bonds is 3. The molecule has 2 heterocycles. The Labute approximate surface area is 112 Å². The zero-order chi connectivity index (χ0) is 13.1. The van der Waals surface area contributed by atoms with E-state index >= 15 is 0 Å². The molecule has 1 aliphatic rings. The van der Waals surface area contributed by atoms with Gasteiger partial charge in [-0.25, -0.2) is 0 Å². The molecular weight excluding hydrogens is 254 g/mol. The first-order chi connectivity index (χ1) is 8.61. The van der Waals surface area contributed by atoms with Gasteiger partial charge in [0.15, 0.2) is 0 Å². The molecule has 0 aromatic carbocycles. The third-order valence-corrected chi connectivity index (χ3v) is 3.47. The van der Waals surface area contributed by atoms with Crippen LogP contribution < -0.4 is 0 Å². The number of nitrogens with zero attached hydrogens (tertiary/aromatic N) is 3. The summed E-state index contributed by atoms with van der Waals surface area (Å²) in [5.41, 5.74) is 0.621. The topological polar surface area (TPSA) is 48.7 Å². The van der Waals surface area contributed by atoms with Crippen LogP contribution in [0.15, 0.2) is 12.3 Å². The lowest BCUT2D eigenvalue weighted by atomic mass is 10.2. The van der Waals surface area contributed by atoms with Gasteiger partial charge in [-0.1, -0.05) is 11.6 Å². The van der Waals surface area contributed by atoms with Crippen LogP contribution in [0.3, 0.4) is 0 Å². The van der Waals surface area contributed by atoms with Crippen molar-refractivity contribution in [2.75, 3.05) is 39.3 Å². The molecule has 1 aromatic rings. The van der Waals surface area contributed by atoms with Crippen molar-refractivity contribution in [1.29, 1.82) is 0 Å². The second-order valence-electron chi connectivity index (χ2n) is 4.51. The van der Waals surface area contributed by atoms with Gasteiger partial charge in [0.05, 0.1) is 11.6 Å². The maximum atomic E-state index is 12.3. The highest BCUT2D eigenvalue weighted by Gasteiger charge is 2.23. The number of hydrogen-bond donors (Lipinski definition) is 1. The fourth-order valence-electron chi connectivity index (χ4n) is 2.21. The molecule has 0 saturated carbocycles. The summed E-state index contributed by atoms with van der Waals surface area (Å²) >= 11 is 5.89. The number of carbonyl (C=O) groups is 1. The number of aromatic nitrogens is 1. The highest BCUT2D eigenvalue weighted by Crippen LogP contribution is 2.15. The smallest absolute Gasteiger partial charge is 0.270 e. The maximum absolute atomic E-state index is 12.3. The third-order valence-electron chi connectivity index (χ3n) is 3.27. The summed E-state index contributed by atoms with van der Waals surface area (Å²) in [6, 6.07) is 1.70. The first-order valence-corrected chi connectivity index (χ1v) is 6.44. The normalized spacial score (nSPS) is 17.2. The van der Waals surface area contributed by atoms with Gasteiger partial charge in [0.25, 0.3) is 5.91 Å². The molecule has 6 heteroatoms. The van der Waals surface area contributed by atoms with E-state index in [4.69, 9.17) is 16.7 Å². The Morgan fingerprint density at radius 2 is 2.06 bits per heavy atom. The number of piperazine rings is 1. The van der Waals surface area contributed by atoms with Crippen molar-refractivity contribution in [3.63, 3.8) is 0 Å². The lowest BCUT2D eigenvalue weighted by Crippen LogP contribution is -2.49. The molecule has 1 aromatic heterocycles. The van der Waals surface area contributed by atoms with Gasteiger partial charge < -0.3 is 14.6 Å². The number of aryl methyl sites for hydroxylation is 1. The number of carbonyl (C=O) groups excluding carboxylic acids is 1. The predicted molar refractivity (Wildman–Crippen MR) is 69.9 cm³/mol. The van der Waals surface area contributed by atoms with Crippen molar-refractivity contribution >= 4 is 17.5 Å². The molecule has 0 aliphatic carbocycles. The largest absolute Gasteiger partial charge is 0.395 e. The number of aliphatic hydroxyl groups excluding tert-OH is 1. The predicted octanol–water partition coefficient (Wildman–Crippen LogP) is 0.429. The van der Waals surface area contributed by atoms with Crippen LogP contribution in [-0.4, -0.2) is 64.7 Å². The van der Waals surface area contributed by atoms with E-state index in [1.165, 1.54) is 0 Å². The number of β-amino-alcohol motifs (C(OH)–C–C–N with tert-alkyl or cyclic N) is 1. The van der Waals surface area contributed by atoms with Crippen molar-refractivity contribution in [2.24, 2.45) is 7.05 Å². The first-order valence-electron chi connectivity index (χ1n) is 6.06. The standard InChI is InChI=1S/C12H18ClN3O2/c1-14-9-10(13)8-11(14)12(18)16-4-2-15(3-5-16)6-7-17/h8-9,17H,2-7H2,1H3. The average molecular weight is 272 g/mol. The van der Waals surface area contributed by atoms with Crippen molar-refractivity contribution < 1.29 is 9.90 Å². The molecule has 1 saturated heterocycles. The minimum Gasteiger partial charge on any atom is -0.395 e. The van der Waals surface area contributed by atoms with Crippen molar-refractivity contribution in [1.82, 2.24) is 14.4 Å². The molecule has 1 N–H and O–H groups in total. The fraction of sp³-hybridized carbons (Fsp3) is 0.583. The van der Waals surface area contributed by atoms with Gasteiger partial charge in [-0.05, 0) is 6.07 Å². The molecule has 1 fully saturated rings. The molecule has 18 heavy (non-hydrogen) atoms. The van der Waals surface area contributed by atoms with Crippen molar-refractivity contribution in [2.45, 2.75) is 0 Å². The second kappa shape index (κ2) is 5.73. The molecular formula is C12H18ClN3O2. The highest BCUT2D eigenvalue weighted by molar-refractivity contribution is 6.31. The zero-order valence-corrected chi connectivity index (χ0v) is 11.2. The molecule has 0 radical (unpaired) electrons. The van der Waals surface area contributed by atoms with E-state index in [0.29, 0.717) is 30.4 Å². The summed E-state index contributed by atoms with van der Waals surface area (Å²) < 4.78 is 1.75. The molecule has 5 nitrogen and oxygen atoms in total. The van der Waals surface area contributed by atoms with Gasteiger partial charge in [0.2, 0.25) is 0 Å². The molecule has 2 rings (SSSR count). The van der Waals surface area contributed by atoms with Crippen LogP contribution in [0.4, 0.5) is 0 Å². The van der Waals surface area contributed by atoms with Crippen LogP contribution in [-0.2, 0) is 7.05 Å². The summed E-state index contributed by atoms with van der Waals surface area (Å²) in [5.74, 6) is 0.0213. The van der Waals surface area contributed by atoms with E-state index < -0.39 is 0 Å². The Kier molecular flexibility index (Phi) is 4.27. The quantitative estimate of drug-likeness (QED) is 0.867. The lowest BCUT2D eigenvalue weighted by molar-refractivity contribution is 0.0606. The Hall–Kier alpha value is -1.04. The lowest BCUT2D eigenvalue weighted by Gasteiger charge is -2.34. The minimum atomic E-state index is 0.0213. The number of hydrogen-bond acceptors (Lipinski definition) is 3. The van der Waals surface area contributed by atoms with E-state index in [2.05, 4.69) is 4.90 Å². The summed E-state index contributed by atoms with van der Waals surface area (Å²) in [6.45, 7) is 3.86. The number of halogens is 1. The van der Waals surface area contributed by atoms with E-state index in [1.54, 1.807) is 16.8 Å². The van der Waals surface area contributed by atoms with E-state index in [-0.39, 0.29) is 12.5 Å². The summed E-state index contributed by atoms with van der Waals surface area (Å²) in [4.78, 5) is 16.3. The van der Waals surface area contributed by atoms with Crippen molar-refractivity contribution in [3.05, 3.63) is 23.0 Å². The van der Waals surface area contributed by atoms with Gasteiger partial charge in [-0.3, -0.25) is 9.69 Å². The van der Waals surface area contributed by atoms with Crippen LogP contribution in [0, 0.1) is 0 Å². The van der Waals surface area contributed by atoms with Gasteiger partial charge in [-0.2, -0.15) is 0 Å². The molecule has 1 amide bonds. The minimum absolute atomic E-state index is 0.0213. The van der Waals surface area contributed by atoms with Crippen molar-refractivity contribution in [3.8, 4) is 0 Å². The van der Waals surface area contributed by atoms with Gasteiger partial charge in [0.1, 0.15) is 5.69 Å². The SMILES string of the molecule is Cn1cc(Cl)cc1C(=O)N1CCN(CCO)CC1. The van der Waals surface area contributed by atoms with Gasteiger partial charge >= 0.3 is 0 Å². The van der Waals surface area contributed by atoms with Gasteiger partial charge in [0, 0.05) is 46.0 Å². The monoisotopic (exact) mass is 271 g/mol. The van der Waals surface area contributed by atoms with Crippen LogP contribution >= 0.6 is 11.6 Å². The summed E-state index contributed by atoms with van der Waals surface area (Å²) in [6.07, 6.45) is 1.73. The number of aliphatic hydroxyl groups is 1. The second-order valence-corrected chi connectivity index (χ2v) is 4.95. The fourth-order valence-corrected chi connectivity index (χ4v) is 2.46. The third kappa shape index (κ3) is 2.85. The maximum Gasteiger partial charge on any atom is 0.270 e. The summed E-state index contributed by atoms with van der Waals surface area (Å²) in [5, 5.41) is 9.45. The Bertz CT molecular complexity index is 425. The average Bonchev–Trinajstić information content (AvgIpc) is 2.69.